The fraction of sp³-hybridized carbons (Fsp3) is 0.100. The van der Waals surface area contributed by atoms with Crippen LogP contribution >= 0.6 is 0 Å². The van der Waals surface area contributed by atoms with E-state index in [9.17, 15) is 18.0 Å². The van der Waals surface area contributed by atoms with Crippen molar-refractivity contribution in [2.45, 2.75) is 6.92 Å². The van der Waals surface area contributed by atoms with Gasteiger partial charge < -0.3 is 15.4 Å². The third-order valence-corrected chi connectivity index (χ3v) is 3.75. The van der Waals surface area contributed by atoms with Crippen molar-refractivity contribution in [1.82, 2.24) is 4.98 Å². The molecule has 0 aliphatic heterocycles. The topological polar surface area (TPSA) is 63.2 Å². The first-order valence-corrected chi connectivity index (χ1v) is 8.39. The van der Waals surface area contributed by atoms with Crippen LogP contribution in [-0.2, 0) is 0 Å². The van der Waals surface area contributed by atoms with Crippen LogP contribution in [0.15, 0.2) is 54.7 Å². The number of nitrogens with one attached hydrogen (secondary N) is 2. The summed E-state index contributed by atoms with van der Waals surface area (Å²) in [6.07, 6.45) is 1.28. The third kappa shape index (κ3) is 4.22. The summed E-state index contributed by atoms with van der Waals surface area (Å²) in [6, 6.07) is 11.7. The minimum atomic E-state index is -1.57. The molecule has 0 spiro atoms. The SMILES string of the molecule is CCOc1ccccc1NC(=O)c1ccc(Nc2ccc(F)c(F)c2F)cn1. The lowest BCUT2D eigenvalue weighted by molar-refractivity contribution is 0.102. The Bertz CT molecular complexity index is 994. The summed E-state index contributed by atoms with van der Waals surface area (Å²) in [6.45, 7) is 2.29. The number of carbonyl (C=O) groups excluding carboxylic acids is 1. The number of carbonyl (C=O) groups is 1. The second kappa shape index (κ2) is 8.43. The van der Waals surface area contributed by atoms with Crippen LogP contribution in [-0.4, -0.2) is 17.5 Å². The van der Waals surface area contributed by atoms with E-state index in [-0.39, 0.29) is 11.4 Å². The number of benzene rings is 2. The zero-order valence-corrected chi connectivity index (χ0v) is 14.8. The molecule has 0 unspecified atom stereocenters. The summed E-state index contributed by atoms with van der Waals surface area (Å²) < 4.78 is 45.5. The Kier molecular flexibility index (Phi) is 5.78. The molecule has 0 bridgehead atoms. The smallest absolute Gasteiger partial charge is 0.274 e. The first-order chi connectivity index (χ1) is 13.5. The van der Waals surface area contributed by atoms with Gasteiger partial charge in [-0.3, -0.25) is 4.79 Å². The van der Waals surface area contributed by atoms with Gasteiger partial charge in [0.05, 0.1) is 29.9 Å². The highest BCUT2D eigenvalue weighted by molar-refractivity contribution is 6.03. The van der Waals surface area contributed by atoms with E-state index in [0.717, 1.165) is 12.1 Å². The molecule has 1 amide bonds. The van der Waals surface area contributed by atoms with Crippen molar-refractivity contribution in [3.05, 3.63) is 77.9 Å². The van der Waals surface area contributed by atoms with Crippen LogP contribution in [0.4, 0.5) is 30.2 Å². The number of anilines is 3. The Labute approximate surface area is 159 Å². The maximum Gasteiger partial charge on any atom is 0.274 e. The summed E-state index contributed by atoms with van der Waals surface area (Å²) in [5, 5.41) is 5.29. The lowest BCUT2D eigenvalue weighted by Crippen LogP contribution is -2.14. The first kappa shape index (κ1) is 19.2. The van der Waals surface area contributed by atoms with Crippen LogP contribution in [0.1, 0.15) is 17.4 Å². The number of para-hydroxylation sites is 2. The molecular weight excluding hydrogens is 371 g/mol. The Morgan fingerprint density at radius 3 is 2.50 bits per heavy atom. The van der Waals surface area contributed by atoms with E-state index in [1.807, 2.05) is 6.92 Å². The molecule has 0 atom stereocenters. The lowest BCUT2D eigenvalue weighted by atomic mass is 10.2. The van der Waals surface area contributed by atoms with Gasteiger partial charge in [0, 0.05) is 0 Å². The average molecular weight is 387 g/mol. The fourth-order valence-corrected chi connectivity index (χ4v) is 2.42. The van der Waals surface area contributed by atoms with Crippen LogP contribution in [0, 0.1) is 17.5 Å². The van der Waals surface area contributed by atoms with Crippen molar-refractivity contribution in [3.63, 3.8) is 0 Å². The summed E-state index contributed by atoms with van der Waals surface area (Å²) in [4.78, 5) is 16.4. The number of hydrogen-bond acceptors (Lipinski definition) is 4. The van der Waals surface area contributed by atoms with Gasteiger partial charge in [-0.25, -0.2) is 18.2 Å². The molecule has 2 N–H and O–H groups in total. The number of hydrogen-bond donors (Lipinski definition) is 2. The van der Waals surface area contributed by atoms with Gasteiger partial charge in [0.2, 0.25) is 0 Å². The van der Waals surface area contributed by atoms with E-state index in [4.69, 9.17) is 4.74 Å². The Hall–Kier alpha value is -3.55. The highest BCUT2D eigenvalue weighted by Crippen LogP contribution is 2.25. The van der Waals surface area contributed by atoms with Gasteiger partial charge in [0.1, 0.15) is 11.4 Å². The molecule has 0 aliphatic rings. The standard InChI is InChI=1S/C20H16F3N3O2/c1-2-28-17-6-4-3-5-14(17)26-20(27)16-9-7-12(11-24-16)25-15-10-8-13(21)18(22)19(15)23/h3-11,25H,2H2,1H3,(H,26,27). The molecule has 1 aromatic heterocycles. The van der Waals surface area contributed by atoms with Gasteiger partial charge in [0.25, 0.3) is 5.91 Å². The van der Waals surface area contributed by atoms with Gasteiger partial charge in [0.15, 0.2) is 17.5 Å². The number of rotatable bonds is 6. The minimum Gasteiger partial charge on any atom is -0.492 e. The van der Waals surface area contributed by atoms with Crippen LogP contribution in [0.5, 0.6) is 5.75 Å². The molecular formula is C20H16F3N3O2. The van der Waals surface area contributed by atoms with E-state index in [2.05, 4.69) is 15.6 Å². The second-order valence-corrected chi connectivity index (χ2v) is 5.66. The van der Waals surface area contributed by atoms with Crippen molar-refractivity contribution in [1.29, 1.82) is 0 Å². The molecule has 5 nitrogen and oxygen atoms in total. The summed E-state index contributed by atoms with van der Waals surface area (Å²) in [7, 11) is 0. The molecule has 0 fully saturated rings. The zero-order valence-electron chi connectivity index (χ0n) is 14.8. The van der Waals surface area contributed by atoms with Gasteiger partial charge >= 0.3 is 0 Å². The highest BCUT2D eigenvalue weighted by Gasteiger charge is 2.14. The van der Waals surface area contributed by atoms with E-state index >= 15 is 0 Å². The van der Waals surface area contributed by atoms with E-state index in [1.165, 1.54) is 18.3 Å². The van der Waals surface area contributed by atoms with Crippen LogP contribution in [0.2, 0.25) is 0 Å². The first-order valence-electron chi connectivity index (χ1n) is 8.39. The molecule has 0 saturated carbocycles. The van der Waals surface area contributed by atoms with E-state index in [1.54, 1.807) is 24.3 Å². The predicted molar refractivity (Wildman–Crippen MR) is 99.4 cm³/mol. The van der Waals surface area contributed by atoms with Crippen LogP contribution in [0.25, 0.3) is 0 Å². The Morgan fingerprint density at radius 2 is 1.79 bits per heavy atom. The van der Waals surface area contributed by atoms with Crippen LogP contribution in [0.3, 0.4) is 0 Å². The molecule has 2 aromatic carbocycles. The van der Waals surface area contributed by atoms with E-state index in [0.29, 0.717) is 23.7 Å². The third-order valence-electron chi connectivity index (χ3n) is 3.75. The average Bonchev–Trinajstić information content (AvgIpc) is 2.70. The van der Waals surface area contributed by atoms with Crippen molar-refractivity contribution >= 4 is 23.0 Å². The van der Waals surface area contributed by atoms with Crippen molar-refractivity contribution in [3.8, 4) is 5.75 Å². The predicted octanol–water partition coefficient (Wildman–Crippen LogP) is 4.89. The molecule has 1 heterocycles. The maximum absolute atomic E-state index is 13.7. The van der Waals surface area contributed by atoms with Crippen molar-refractivity contribution < 1.29 is 22.7 Å². The molecule has 3 rings (SSSR count). The maximum atomic E-state index is 13.7. The summed E-state index contributed by atoms with van der Waals surface area (Å²) >= 11 is 0. The fourth-order valence-electron chi connectivity index (χ4n) is 2.42. The number of aromatic nitrogens is 1. The van der Waals surface area contributed by atoms with Crippen molar-refractivity contribution in [2.75, 3.05) is 17.2 Å². The van der Waals surface area contributed by atoms with Gasteiger partial charge in [-0.15, -0.1) is 0 Å². The molecule has 8 heteroatoms. The van der Waals surface area contributed by atoms with Gasteiger partial charge in [-0.2, -0.15) is 0 Å². The minimum absolute atomic E-state index is 0.114. The molecule has 28 heavy (non-hydrogen) atoms. The van der Waals surface area contributed by atoms with Gasteiger partial charge in [-0.1, -0.05) is 12.1 Å². The number of ether oxygens (including phenoxy) is 1. The normalized spacial score (nSPS) is 10.4. The molecule has 144 valence electrons. The molecule has 0 saturated heterocycles. The summed E-state index contributed by atoms with van der Waals surface area (Å²) in [5.41, 5.74) is 0.671. The number of pyridine rings is 1. The Morgan fingerprint density at radius 1 is 1.00 bits per heavy atom. The quantitative estimate of drug-likeness (QED) is 0.591. The van der Waals surface area contributed by atoms with E-state index < -0.39 is 23.4 Å². The molecule has 0 aliphatic carbocycles. The van der Waals surface area contributed by atoms with Gasteiger partial charge in [-0.05, 0) is 43.3 Å². The zero-order chi connectivity index (χ0) is 20.1. The van der Waals surface area contributed by atoms with Crippen molar-refractivity contribution in [2.24, 2.45) is 0 Å². The summed E-state index contributed by atoms with van der Waals surface area (Å²) in [5.74, 6) is -4.11. The monoisotopic (exact) mass is 387 g/mol. The number of amides is 1. The molecule has 3 aromatic rings. The largest absolute Gasteiger partial charge is 0.492 e. The Balaban J connectivity index is 1.72. The lowest BCUT2D eigenvalue weighted by Gasteiger charge is -2.11. The second-order valence-electron chi connectivity index (χ2n) is 5.66. The van der Waals surface area contributed by atoms with Crippen LogP contribution < -0.4 is 15.4 Å². The highest BCUT2D eigenvalue weighted by atomic mass is 19.2. The number of halogens is 3. The molecule has 0 radical (unpaired) electrons. The number of nitrogens with zero attached hydrogens (tertiary/aromatic N) is 1.